The number of anilines is 3. The normalized spacial score (nSPS) is 20.2. The van der Waals surface area contributed by atoms with Crippen LogP contribution in [0.25, 0.3) is 10.9 Å². The topological polar surface area (TPSA) is 102 Å². The first-order valence-corrected chi connectivity index (χ1v) is 13.0. The number of benzene rings is 1. The summed E-state index contributed by atoms with van der Waals surface area (Å²) in [6, 6.07) is 12.4. The van der Waals surface area contributed by atoms with E-state index in [9.17, 15) is 0 Å². The summed E-state index contributed by atoms with van der Waals surface area (Å²) in [5.74, 6) is 2.67. The summed E-state index contributed by atoms with van der Waals surface area (Å²) < 4.78 is 0. The number of pyridine rings is 2. The molecular weight excluding hydrogens is 474 g/mol. The summed E-state index contributed by atoms with van der Waals surface area (Å²) in [5.41, 5.74) is 6.14. The van der Waals surface area contributed by atoms with Gasteiger partial charge in [0, 0.05) is 59.8 Å². The maximum Gasteiger partial charge on any atom is 0.129 e. The molecule has 1 unspecified atom stereocenters. The van der Waals surface area contributed by atoms with E-state index in [-0.39, 0.29) is 5.92 Å². The molecule has 38 heavy (non-hydrogen) atoms. The lowest BCUT2D eigenvalue weighted by molar-refractivity contribution is 0.618. The average Bonchev–Trinajstić information content (AvgIpc) is 3.36. The molecule has 0 bridgehead atoms. The molecule has 2 aromatic heterocycles. The van der Waals surface area contributed by atoms with Crippen LogP contribution in [0.15, 0.2) is 87.8 Å². The maximum atomic E-state index is 4.80. The summed E-state index contributed by atoms with van der Waals surface area (Å²) in [6.45, 7) is 7.36. The van der Waals surface area contributed by atoms with E-state index in [0.29, 0.717) is 13.1 Å². The second-order valence-electron chi connectivity index (χ2n) is 9.74. The van der Waals surface area contributed by atoms with Gasteiger partial charge < -0.3 is 20.9 Å². The molecule has 5 heterocycles. The van der Waals surface area contributed by atoms with Crippen molar-refractivity contribution in [3.63, 3.8) is 0 Å². The van der Waals surface area contributed by atoms with Gasteiger partial charge in [0.1, 0.15) is 17.5 Å². The molecular formula is C29H31N9. The molecule has 6 rings (SSSR count). The quantitative estimate of drug-likeness (QED) is 0.455. The molecule has 0 aliphatic carbocycles. The van der Waals surface area contributed by atoms with Crippen molar-refractivity contribution in [1.82, 2.24) is 15.3 Å². The molecule has 3 aromatic rings. The minimum absolute atomic E-state index is 0.100. The smallest absolute Gasteiger partial charge is 0.129 e. The third-order valence-electron chi connectivity index (χ3n) is 6.83. The third-order valence-corrected chi connectivity index (χ3v) is 6.83. The molecule has 0 amide bonds. The highest BCUT2D eigenvalue weighted by molar-refractivity contribution is 6.12. The summed E-state index contributed by atoms with van der Waals surface area (Å²) in [5, 5.41) is 11.3. The van der Waals surface area contributed by atoms with Crippen molar-refractivity contribution in [3.8, 4) is 0 Å². The number of amidine groups is 3. The van der Waals surface area contributed by atoms with Gasteiger partial charge in [-0.2, -0.15) is 0 Å². The van der Waals surface area contributed by atoms with Crippen molar-refractivity contribution in [1.29, 1.82) is 0 Å². The van der Waals surface area contributed by atoms with Crippen LogP contribution in [-0.2, 0) is 0 Å². The molecule has 9 nitrogen and oxygen atoms in total. The van der Waals surface area contributed by atoms with E-state index >= 15 is 0 Å². The predicted molar refractivity (Wildman–Crippen MR) is 156 cm³/mol. The van der Waals surface area contributed by atoms with Gasteiger partial charge in [0.15, 0.2) is 0 Å². The van der Waals surface area contributed by atoms with Gasteiger partial charge in [-0.05, 0) is 62.7 Å². The SMILES string of the molecule is C/C(=C\N=C1CN=C(C2C=CC(Nc3ccnc4ccc(N5CCC5)cc34)=NC2)N1)Nc1ccnc(C)c1. The second-order valence-corrected chi connectivity index (χ2v) is 9.74. The van der Waals surface area contributed by atoms with E-state index in [1.165, 1.54) is 12.1 Å². The molecule has 3 N–H and O–H groups in total. The molecule has 192 valence electrons. The van der Waals surface area contributed by atoms with Crippen LogP contribution < -0.4 is 20.9 Å². The van der Waals surface area contributed by atoms with Crippen LogP contribution in [0.2, 0.25) is 0 Å². The van der Waals surface area contributed by atoms with Gasteiger partial charge in [0.05, 0.1) is 30.2 Å². The van der Waals surface area contributed by atoms with Crippen LogP contribution in [0.4, 0.5) is 17.1 Å². The van der Waals surface area contributed by atoms with Gasteiger partial charge >= 0.3 is 0 Å². The largest absolute Gasteiger partial charge is 0.371 e. The number of hydrogen-bond acceptors (Lipinski definition) is 8. The molecule has 9 heteroatoms. The van der Waals surface area contributed by atoms with Crippen LogP contribution in [0.1, 0.15) is 19.0 Å². The van der Waals surface area contributed by atoms with Crippen LogP contribution in [0.5, 0.6) is 0 Å². The third kappa shape index (κ3) is 5.27. The highest BCUT2D eigenvalue weighted by Crippen LogP contribution is 2.29. The lowest BCUT2D eigenvalue weighted by atomic mass is 10.1. The molecule has 0 radical (unpaired) electrons. The average molecular weight is 506 g/mol. The van der Waals surface area contributed by atoms with Crippen molar-refractivity contribution in [3.05, 3.63) is 78.5 Å². The zero-order valence-corrected chi connectivity index (χ0v) is 21.6. The molecule has 0 saturated carbocycles. The van der Waals surface area contributed by atoms with Crippen molar-refractivity contribution in [2.75, 3.05) is 41.7 Å². The van der Waals surface area contributed by atoms with Gasteiger partial charge in [-0.3, -0.25) is 20.0 Å². The number of nitrogens with zero attached hydrogens (tertiary/aromatic N) is 6. The van der Waals surface area contributed by atoms with E-state index in [1.807, 2.05) is 50.5 Å². The molecule has 3 aliphatic rings. The van der Waals surface area contributed by atoms with Gasteiger partial charge in [-0.15, -0.1) is 0 Å². The Hall–Kier alpha value is -4.53. The fraction of sp³-hybridized carbons (Fsp3) is 0.276. The van der Waals surface area contributed by atoms with E-state index in [2.05, 4.69) is 65.1 Å². The second kappa shape index (κ2) is 10.5. The van der Waals surface area contributed by atoms with E-state index < -0.39 is 0 Å². The van der Waals surface area contributed by atoms with Crippen molar-refractivity contribution in [2.45, 2.75) is 20.3 Å². The lowest BCUT2D eigenvalue weighted by Gasteiger charge is -2.33. The van der Waals surface area contributed by atoms with E-state index in [1.54, 1.807) is 6.20 Å². The highest BCUT2D eigenvalue weighted by atomic mass is 15.2. The van der Waals surface area contributed by atoms with Gasteiger partial charge in [0.25, 0.3) is 0 Å². The Kier molecular flexibility index (Phi) is 6.56. The van der Waals surface area contributed by atoms with Crippen LogP contribution >= 0.6 is 0 Å². The van der Waals surface area contributed by atoms with Gasteiger partial charge in [-0.25, -0.2) is 4.99 Å². The number of aryl methyl sites for hydroxylation is 1. The fourth-order valence-electron chi connectivity index (χ4n) is 4.66. The Balaban J connectivity index is 1.06. The summed E-state index contributed by atoms with van der Waals surface area (Å²) in [7, 11) is 0. The summed E-state index contributed by atoms with van der Waals surface area (Å²) in [6.07, 6.45) is 10.9. The predicted octanol–water partition coefficient (Wildman–Crippen LogP) is 4.52. The molecule has 1 atom stereocenters. The Bertz CT molecular complexity index is 1510. The Morgan fingerprint density at radius 3 is 2.79 bits per heavy atom. The van der Waals surface area contributed by atoms with Gasteiger partial charge in [-0.1, -0.05) is 6.08 Å². The molecule has 1 saturated heterocycles. The van der Waals surface area contributed by atoms with Crippen LogP contribution in [-0.4, -0.2) is 53.7 Å². The van der Waals surface area contributed by atoms with Crippen molar-refractivity contribution in [2.24, 2.45) is 20.9 Å². The number of aliphatic imine (C=N–C) groups is 3. The molecule has 0 spiro atoms. The zero-order valence-electron chi connectivity index (χ0n) is 21.6. The van der Waals surface area contributed by atoms with Crippen molar-refractivity contribution >= 4 is 45.5 Å². The fourth-order valence-corrected chi connectivity index (χ4v) is 4.66. The van der Waals surface area contributed by atoms with E-state index in [0.717, 1.165) is 64.3 Å². The Labute approximate surface area is 222 Å². The maximum absolute atomic E-state index is 4.80. The minimum Gasteiger partial charge on any atom is -0.371 e. The Morgan fingerprint density at radius 2 is 2.00 bits per heavy atom. The Morgan fingerprint density at radius 1 is 1.11 bits per heavy atom. The number of rotatable bonds is 6. The number of allylic oxidation sites excluding steroid dienone is 1. The number of dihydropyridines is 1. The highest BCUT2D eigenvalue weighted by Gasteiger charge is 2.22. The minimum atomic E-state index is 0.100. The molecule has 1 fully saturated rings. The van der Waals surface area contributed by atoms with Crippen LogP contribution in [0.3, 0.4) is 0 Å². The number of aromatic nitrogens is 2. The number of nitrogens with one attached hydrogen (secondary N) is 3. The summed E-state index contributed by atoms with van der Waals surface area (Å²) >= 11 is 0. The standard InChI is InChI=1S/C29H31N9/c1-19-14-22(8-10-30-19)35-20(2)16-32-28-18-34-29(37-28)21-4-7-27(33-17-21)36-26-9-11-31-25-6-5-23(15-24(25)26)38-12-3-13-38/h4-11,14-16,21H,3,12-13,17-18H2,1-2H3,(H,30,35)(H,31,33,36)(H,32,34,37)/b20-16+. The zero-order chi connectivity index (χ0) is 25.9. The monoisotopic (exact) mass is 505 g/mol. The van der Waals surface area contributed by atoms with Crippen LogP contribution in [0, 0.1) is 12.8 Å². The molecule has 1 aromatic carbocycles. The molecule has 3 aliphatic heterocycles. The number of hydrogen-bond donors (Lipinski definition) is 3. The first-order chi connectivity index (χ1) is 18.6. The van der Waals surface area contributed by atoms with Gasteiger partial charge in [0.2, 0.25) is 0 Å². The first-order valence-electron chi connectivity index (χ1n) is 13.0. The number of fused-ring (bicyclic) bond motifs is 1. The van der Waals surface area contributed by atoms with Crippen molar-refractivity contribution < 1.29 is 0 Å². The summed E-state index contributed by atoms with van der Waals surface area (Å²) in [4.78, 5) is 25.2. The lowest BCUT2D eigenvalue weighted by Crippen LogP contribution is -2.36. The van der Waals surface area contributed by atoms with E-state index in [4.69, 9.17) is 4.99 Å². The first kappa shape index (κ1) is 23.8.